The molecule has 3 aromatic carbocycles. The first-order valence-electron chi connectivity index (χ1n) is 16.9. The van der Waals surface area contributed by atoms with Crippen molar-refractivity contribution in [3.8, 4) is 5.75 Å². The second kappa shape index (κ2) is 16.1. The minimum absolute atomic E-state index is 0.0124. The highest BCUT2D eigenvalue weighted by atomic mass is 35.5. The van der Waals surface area contributed by atoms with Crippen LogP contribution in [0.15, 0.2) is 60.7 Å². The molecule has 5 rings (SSSR count). The number of esters is 1. The van der Waals surface area contributed by atoms with Gasteiger partial charge in [0.05, 0.1) is 31.0 Å². The summed E-state index contributed by atoms with van der Waals surface area (Å²) in [5, 5.41) is 10.5. The van der Waals surface area contributed by atoms with E-state index in [1.54, 1.807) is 30.3 Å². The number of carbonyl (C=O) groups excluding carboxylic acids is 4. The number of ether oxygens (including phenoxy) is 5. The van der Waals surface area contributed by atoms with Crippen molar-refractivity contribution in [3.63, 3.8) is 0 Å². The van der Waals surface area contributed by atoms with E-state index in [1.165, 1.54) is 32.2 Å². The zero-order valence-electron chi connectivity index (χ0n) is 29.8. The van der Waals surface area contributed by atoms with Crippen LogP contribution < -0.4 is 20.7 Å². The van der Waals surface area contributed by atoms with E-state index in [1.807, 2.05) is 19.1 Å². The predicted octanol–water partition coefficient (Wildman–Crippen LogP) is 7.08. The van der Waals surface area contributed by atoms with E-state index in [4.69, 9.17) is 46.9 Å². The Morgan fingerprint density at radius 3 is 2.42 bits per heavy atom. The van der Waals surface area contributed by atoms with Gasteiger partial charge in [0.25, 0.3) is 0 Å². The highest BCUT2D eigenvalue weighted by molar-refractivity contribution is 6.31. The number of fused-ring (bicyclic) bond motifs is 2. The number of anilines is 2. The molecule has 0 radical (unpaired) electrons. The average molecular weight is 757 g/mol. The Labute approximate surface area is 312 Å². The monoisotopic (exact) mass is 755 g/mol. The van der Waals surface area contributed by atoms with Gasteiger partial charge in [0, 0.05) is 41.2 Å². The van der Waals surface area contributed by atoms with Crippen molar-refractivity contribution in [1.29, 1.82) is 0 Å². The molecule has 1 spiro atoms. The van der Waals surface area contributed by atoms with Crippen LogP contribution in [0.1, 0.15) is 68.4 Å². The Balaban J connectivity index is 1.43. The molecule has 2 unspecified atom stereocenters. The molecule has 0 aromatic heterocycles. The van der Waals surface area contributed by atoms with E-state index >= 15 is 0 Å². The lowest BCUT2D eigenvalue weighted by Crippen LogP contribution is -2.49. The number of rotatable bonds is 12. The summed E-state index contributed by atoms with van der Waals surface area (Å²) in [4.78, 5) is 53.7. The number of amides is 2. The molecule has 52 heavy (non-hydrogen) atoms. The molecule has 1 fully saturated rings. The normalized spacial score (nSPS) is 21.2. The molecule has 2 amide bonds. The van der Waals surface area contributed by atoms with E-state index in [9.17, 15) is 19.2 Å². The molecule has 2 aliphatic rings. The number of nitrogens with one attached hydrogen (secondary N) is 3. The van der Waals surface area contributed by atoms with E-state index in [-0.39, 0.29) is 41.5 Å². The Morgan fingerprint density at radius 2 is 1.73 bits per heavy atom. The quantitative estimate of drug-likeness (QED) is 0.0994. The minimum Gasteiger partial charge on any atom is -0.495 e. The maximum Gasteiger partial charge on any atom is 0.511 e. The van der Waals surface area contributed by atoms with Gasteiger partial charge < -0.3 is 39.6 Å². The summed E-state index contributed by atoms with van der Waals surface area (Å²) in [5.41, 5.74) is 0.947. The molecule has 3 N–H and O–H groups in total. The van der Waals surface area contributed by atoms with Gasteiger partial charge in [0.1, 0.15) is 17.8 Å². The van der Waals surface area contributed by atoms with Crippen LogP contribution >= 0.6 is 23.2 Å². The van der Waals surface area contributed by atoms with Gasteiger partial charge in [-0.05, 0) is 72.4 Å². The zero-order valence-corrected chi connectivity index (χ0v) is 31.4. The fourth-order valence-electron chi connectivity index (χ4n) is 6.99. The molecule has 0 aliphatic carbocycles. The summed E-state index contributed by atoms with van der Waals surface area (Å²) in [6.45, 7) is 10.1. The van der Waals surface area contributed by atoms with Gasteiger partial charge in [-0.25, -0.2) is 9.59 Å². The third-order valence-electron chi connectivity index (χ3n) is 8.99. The number of benzene rings is 3. The summed E-state index contributed by atoms with van der Waals surface area (Å²) < 4.78 is 25.8. The lowest BCUT2D eigenvalue weighted by atomic mass is 9.62. The summed E-state index contributed by atoms with van der Waals surface area (Å²) in [6.07, 6.45) is -1.71. The first kappa shape index (κ1) is 38.9. The Kier molecular flexibility index (Phi) is 12.0. The van der Waals surface area contributed by atoms with E-state index < -0.39 is 47.7 Å². The molecule has 14 heteroatoms. The van der Waals surface area contributed by atoms with Gasteiger partial charge in [-0.15, -0.1) is 0 Å². The molecule has 0 saturated carbocycles. The SMILES string of the molecule is CCOCCOC(=O)OC(C)OC(=O)c1ccc(NC(=O)[C@@H]2N[C@@H](CC(C)(C)C)C3(C(=O)Nc4cc(Cl)ccc43)[C@H]2c2cccc(Cl)c2)c(OC)c1. The van der Waals surface area contributed by atoms with E-state index in [0.29, 0.717) is 34.3 Å². The third kappa shape index (κ3) is 8.31. The highest BCUT2D eigenvalue weighted by Crippen LogP contribution is 2.57. The molecule has 2 aliphatic heterocycles. The Bertz CT molecular complexity index is 1830. The van der Waals surface area contributed by atoms with Crippen molar-refractivity contribution >= 4 is 58.5 Å². The van der Waals surface area contributed by atoms with Crippen LogP contribution in [0.3, 0.4) is 0 Å². The lowest BCUT2D eigenvalue weighted by molar-refractivity contribution is -0.122. The van der Waals surface area contributed by atoms with Crippen LogP contribution in [0.2, 0.25) is 10.0 Å². The van der Waals surface area contributed by atoms with Crippen molar-refractivity contribution in [1.82, 2.24) is 5.32 Å². The van der Waals surface area contributed by atoms with Crippen LogP contribution in [0, 0.1) is 5.41 Å². The van der Waals surface area contributed by atoms with Gasteiger partial charge in [-0.1, -0.05) is 62.2 Å². The summed E-state index contributed by atoms with van der Waals surface area (Å²) in [6, 6.07) is 15.5. The van der Waals surface area contributed by atoms with Gasteiger partial charge >= 0.3 is 12.1 Å². The smallest absolute Gasteiger partial charge is 0.495 e. The number of methoxy groups -OCH3 is 1. The molecular formula is C38H43Cl2N3O9. The summed E-state index contributed by atoms with van der Waals surface area (Å²) in [5.74, 6) is -2.02. The van der Waals surface area contributed by atoms with Crippen LogP contribution in [0.25, 0.3) is 0 Å². The molecule has 12 nitrogen and oxygen atoms in total. The van der Waals surface area contributed by atoms with Crippen LogP contribution in [0.5, 0.6) is 5.75 Å². The van der Waals surface area contributed by atoms with Gasteiger partial charge in [-0.2, -0.15) is 0 Å². The van der Waals surface area contributed by atoms with Crippen LogP contribution in [0.4, 0.5) is 16.2 Å². The van der Waals surface area contributed by atoms with Crippen molar-refractivity contribution in [3.05, 3.63) is 87.4 Å². The van der Waals surface area contributed by atoms with Crippen molar-refractivity contribution in [2.75, 3.05) is 37.6 Å². The van der Waals surface area contributed by atoms with Gasteiger partial charge in [0.15, 0.2) is 0 Å². The first-order chi connectivity index (χ1) is 24.7. The second-order valence-corrected chi connectivity index (χ2v) is 14.7. The van der Waals surface area contributed by atoms with Crippen LogP contribution in [-0.4, -0.2) is 69.2 Å². The maximum atomic E-state index is 14.5. The van der Waals surface area contributed by atoms with E-state index in [0.717, 1.165) is 5.56 Å². The first-order valence-corrected chi connectivity index (χ1v) is 17.7. The Morgan fingerprint density at radius 1 is 0.981 bits per heavy atom. The topological polar surface area (TPSA) is 151 Å². The molecule has 278 valence electrons. The molecule has 0 bridgehead atoms. The fourth-order valence-corrected chi connectivity index (χ4v) is 7.37. The fraction of sp³-hybridized carbons (Fsp3) is 0.421. The minimum atomic E-state index is -1.25. The number of hydrogen-bond acceptors (Lipinski definition) is 10. The molecule has 3 aromatic rings. The highest BCUT2D eigenvalue weighted by Gasteiger charge is 2.65. The maximum absolute atomic E-state index is 14.5. The summed E-state index contributed by atoms with van der Waals surface area (Å²) >= 11 is 12.9. The van der Waals surface area contributed by atoms with E-state index in [2.05, 4.69) is 36.7 Å². The third-order valence-corrected chi connectivity index (χ3v) is 9.46. The number of hydrogen-bond donors (Lipinski definition) is 3. The molecule has 2 heterocycles. The second-order valence-electron chi connectivity index (χ2n) is 13.8. The largest absolute Gasteiger partial charge is 0.511 e. The van der Waals surface area contributed by atoms with Crippen molar-refractivity contribution < 1.29 is 42.9 Å². The Hall–Kier alpha value is -4.36. The van der Waals surface area contributed by atoms with Crippen LogP contribution in [-0.2, 0) is 34.0 Å². The molecule has 5 atom stereocenters. The zero-order chi connectivity index (χ0) is 37.8. The molecular weight excluding hydrogens is 713 g/mol. The van der Waals surface area contributed by atoms with Gasteiger partial charge in [-0.3, -0.25) is 9.59 Å². The lowest BCUT2D eigenvalue weighted by Gasteiger charge is -2.37. The summed E-state index contributed by atoms with van der Waals surface area (Å²) in [7, 11) is 1.39. The van der Waals surface area contributed by atoms with Crippen molar-refractivity contribution in [2.24, 2.45) is 5.41 Å². The molecule has 1 saturated heterocycles. The predicted molar refractivity (Wildman–Crippen MR) is 196 cm³/mol. The standard InChI is InChI=1S/C38H43Cl2N3O9/c1-7-49-15-16-50-36(47)52-21(2)51-34(45)23-11-14-27(29(18-23)48-6)41-33(44)32-31(22-9-8-10-24(39)17-22)38(30(43-32)20-37(3,4)5)26-13-12-25(40)19-28(26)42-35(38)46/h8-14,17-19,21,30-32,43H,7,15-16,20H2,1-6H3,(H,41,44)(H,42,46)/t21?,30-,31-,32+,38?/m0/s1. The number of halogens is 2. The van der Waals surface area contributed by atoms with Crippen molar-refractivity contribution in [2.45, 2.75) is 70.7 Å². The average Bonchev–Trinajstić information content (AvgIpc) is 3.55. The number of carbonyl (C=O) groups is 4. The van der Waals surface area contributed by atoms with Gasteiger partial charge in [0.2, 0.25) is 18.1 Å².